The Morgan fingerprint density at radius 3 is 1.07 bits per heavy atom. The van der Waals surface area contributed by atoms with Crippen LogP contribution in [-0.2, 0) is 47.3 Å². The number of aliphatic hydroxyl groups excluding tert-OH is 3. The summed E-state index contributed by atoms with van der Waals surface area (Å²) in [6, 6.07) is 44.6. The van der Waals surface area contributed by atoms with Gasteiger partial charge in [-0.3, -0.25) is 0 Å². The first kappa shape index (κ1) is 73.4. The number of aryl methyl sites for hydroxylation is 6. The fraction of sp³-hybridized carbons (Fsp3) is 0.500. The molecule has 6 aromatic carbocycles. The number of hydrogen-bond acceptors (Lipinski definition) is 8. The lowest BCUT2D eigenvalue weighted by molar-refractivity contribution is -0.193. The summed E-state index contributed by atoms with van der Waals surface area (Å²) in [6.07, 6.45) is 7.40. The van der Waals surface area contributed by atoms with Crippen molar-refractivity contribution in [3.8, 4) is 22.3 Å². The van der Waals surface area contributed by atoms with Gasteiger partial charge in [0.2, 0.25) is 0 Å². The summed E-state index contributed by atoms with van der Waals surface area (Å²) >= 11 is 0. The molecule has 4 unspecified atom stereocenters. The Hall–Kier alpha value is -5.86. The first-order chi connectivity index (χ1) is 39.6. The topological polar surface area (TPSA) is 138 Å². The van der Waals surface area contributed by atoms with Crippen LogP contribution in [0.3, 0.4) is 0 Å². The second-order valence-corrected chi connectivity index (χ2v) is 32.1. The number of carbonyl (C=O) groups excluding carboxylic acids is 4. The van der Waals surface area contributed by atoms with Crippen LogP contribution >= 0.6 is 0 Å². The Morgan fingerprint density at radius 2 is 0.788 bits per heavy atom. The highest BCUT2D eigenvalue weighted by Gasteiger charge is 2.42. The van der Waals surface area contributed by atoms with Crippen LogP contribution in [0.4, 0.5) is 0 Å². The maximum Gasteiger partial charge on any atom is 0.373 e. The van der Waals surface area contributed by atoms with E-state index < -0.39 is 20.5 Å². The number of hydrogen-bond donors (Lipinski definition) is 3. The van der Waals surface area contributed by atoms with Crippen LogP contribution in [-0.4, -0.2) is 48.1 Å². The molecule has 462 valence electrons. The normalized spacial score (nSPS) is 13.5. The molecule has 0 fully saturated rings. The van der Waals surface area contributed by atoms with Crippen LogP contribution in [0, 0.1) is 38.5 Å². The molecule has 0 radical (unpaired) electrons. The van der Waals surface area contributed by atoms with Crippen molar-refractivity contribution < 1.29 is 38.9 Å². The van der Waals surface area contributed by atoms with Crippen molar-refractivity contribution in [2.24, 2.45) is 10.8 Å². The molecule has 0 amide bonds. The molecule has 0 bridgehead atoms. The third-order valence-corrected chi connectivity index (χ3v) is 23.2. The fourth-order valence-corrected chi connectivity index (χ4v) is 13.3. The van der Waals surface area contributed by atoms with E-state index >= 15 is 0 Å². The molecular weight excluding hydrogens is 1070 g/mol. The fourth-order valence-electron chi connectivity index (χ4n) is 11.7. The van der Waals surface area contributed by atoms with E-state index in [2.05, 4.69) is 228 Å². The minimum absolute atomic E-state index is 0.0343. The molecule has 0 heterocycles. The highest BCUT2D eigenvalue weighted by molar-refractivity contribution is 6.74. The standard InChI is InChI=1S/C40H60O2Si.C34H46O2.2CO2/c1-14-40(15-2,35-22-23-36(29(4)26-35)33-18-16-17-32(27-33)30(5)41)34-21-19-31(28(3)25-34)20-24-37(38(6,7)8)42-43(12,13)39(9,10)11;1-9-34(10-2,29-16-14-26(23(3)20-29)15-19-32(36)33(6,7)8)30-17-18-31(24(4)21-30)28-13-11-12-27(22-28)25(5)35;2*2-1-3/h16-19,21-23,25-27,30,37,41H,14-15,20,24H2,1-13H3;11-14,16-18,20-22,25,32,35-36H,9-10,15,19H2,1-8H3;;. The lowest BCUT2D eigenvalue weighted by Crippen LogP contribution is -2.47. The minimum Gasteiger partial charge on any atom is -0.413 e. The number of benzene rings is 6. The van der Waals surface area contributed by atoms with Gasteiger partial charge in [0.05, 0.1) is 24.4 Å². The maximum absolute atomic E-state index is 10.5. The van der Waals surface area contributed by atoms with Crippen LogP contribution < -0.4 is 0 Å². The van der Waals surface area contributed by atoms with Crippen molar-refractivity contribution in [3.05, 3.63) is 188 Å². The van der Waals surface area contributed by atoms with Crippen LogP contribution in [0.5, 0.6) is 0 Å². The molecule has 0 aliphatic carbocycles. The molecule has 0 saturated carbocycles. The molecule has 3 N–H and O–H groups in total. The summed E-state index contributed by atoms with van der Waals surface area (Å²) in [6.45, 7) is 46.8. The summed E-state index contributed by atoms with van der Waals surface area (Å²) in [4.78, 5) is 32.5. The van der Waals surface area contributed by atoms with Crippen molar-refractivity contribution in [1.82, 2.24) is 0 Å². The zero-order valence-corrected chi connectivity index (χ0v) is 56.9. The molecule has 6 aromatic rings. The largest absolute Gasteiger partial charge is 0.413 e. The van der Waals surface area contributed by atoms with Gasteiger partial charge in [0.1, 0.15) is 0 Å². The quantitative estimate of drug-likeness (QED) is 0.0643. The smallest absolute Gasteiger partial charge is 0.373 e. The van der Waals surface area contributed by atoms with Crippen molar-refractivity contribution in [3.63, 3.8) is 0 Å². The van der Waals surface area contributed by atoms with Crippen molar-refractivity contribution in [2.45, 2.75) is 236 Å². The van der Waals surface area contributed by atoms with Crippen LogP contribution in [0.2, 0.25) is 18.1 Å². The van der Waals surface area contributed by atoms with Gasteiger partial charge in [-0.2, -0.15) is 19.2 Å². The van der Waals surface area contributed by atoms with Gasteiger partial charge in [0.15, 0.2) is 8.32 Å². The lowest BCUT2D eigenvalue weighted by atomic mass is 9.69. The third kappa shape index (κ3) is 19.1. The molecule has 0 aliphatic rings. The van der Waals surface area contributed by atoms with Gasteiger partial charge in [-0.25, -0.2) is 0 Å². The highest BCUT2D eigenvalue weighted by Crippen LogP contribution is 2.45. The maximum atomic E-state index is 10.5. The van der Waals surface area contributed by atoms with Crippen LogP contribution in [0.25, 0.3) is 22.3 Å². The summed E-state index contributed by atoms with van der Waals surface area (Å²) in [5, 5.41) is 30.9. The molecule has 85 heavy (non-hydrogen) atoms. The zero-order chi connectivity index (χ0) is 64.5. The summed E-state index contributed by atoms with van der Waals surface area (Å²) in [5.74, 6) is 0. The Morgan fingerprint density at radius 1 is 0.459 bits per heavy atom. The van der Waals surface area contributed by atoms with E-state index in [0.717, 1.165) is 73.6 Å². The van der Waals surface area contributed by atoms with Gasteiger partial charge >= 0.3 is 12.3 Å². The van der Waals surface area contributed by atoms with Gasteiger partial charge in [-0.05, 0) is 223 Å². The lowest BCUT2D eigenvalue weighted by Gasteiger charge is -2.43. The van der Waals surface area contributed by atoms with E-state index in [1.165, 1.54) is 66.8 Å². The molecule has 4 atom stereocenters. The van der Waals surface area contributed by atoms with Gasteiger partial charge in [0, 0.05) is 10.8 Å². The van der Waals surface area contributed by atoms with Crippen LogP contribution in [0.15, 0.2) is 121 Å². The van der Waals surface area contributed by atoms with Crippen LogP contribution in [0.1, 0.15) is 221 Å². The molecule has 0 spiro atoms. The number of aliphatic hydroxyl groups is 3. The highest BCUT2D eigenvalue weighted by atomic mass is 28.4. The number of rotatable bonds is 20. The first-order valence-corrected chi connectivity index (χ1v) is 33.9. The van der Waals surface area contributed by atoms with E-state index in [4.69, 9.17) is 23.6 Å². The summed E-state index contributed by atoms with van der Waals surface area (Å²) in [7, 11) is -1.86. The molecular formula is C76H106O8Si. The Bertz CT molecular complexity index is 3130. The molecule has 0 aliphatic heterocycles. The molecule has 8 nitrogen and oxygen atoms in total. The average molecular weight is 1180 g/mol. The van der Waals surface area contributed by atoms with E-state index in [9.17, 15) is 15.3 Å². The molecule has 6 rings (SSSR count). The molecule has 9 heteroatoms. The second-order valence-electron chi connectivity index (χ2n) is 27.4. The summed E-state index contributed by atoms with van der Waals surface area (Å²) < 4.78 is 7.00. The SMILES string of the molecule is CCC(CC)(c1ccc(CCC(O)C(C)(C)C)c(C)c1)c1ccc(-c2cccc(C(C)O)c2)c(C)c1.CCC(CC)(c1ccc(CCC(O[Si](C)(C)C(C)(C)C)C(C)(C)C)c(C)c1)c1ccc(-c2cccc(C(C)O)c2)c(C)c1.O=C=O.O=C=O. The first-order valence-electron chi connectivity index (χ1n) is 31.0. The van der Waals surface area contributed by atoms with Crippen molar-refractivity contribution in [2.75, 3.05) is 0 Å². The van der Waals surface area contributed by atoms with E-state index in [1.807, 2.05) is 38.1 Å². The van der Waals surface area contributed by atoms with Crippen molar-refractivity contribution in [1.29, 1.82) is 0 Å². The Labute approximate surface area is 514 Å². The van der Waals surface area contributed by atoms with E-state index in [0.29, 0.717) is 0 Å². The Kier molecular flexibility index (Phi) is 27.4. The van der Waals surface area contributed by atoms with Gasteiger partial charge < -0.3 is 19.7 Å². The van der Waals surface area contributed by atoms with E-state index in [-0.39, 0.29) is 51.2 Å². The predicted octanol–water partition coefficient (Wildman–Crippen LogP) is 18.8. The second kappa shape index (κ2) is 31.7. The van der Waals surface area contributed by atoms with Gasteiger partial charge in [-0.15, -0.1) is 0 Å². The van der Waals surface area contributed by atoms with E-state index in [1.54, 1.807) is 0 Å². The predicted molar refractivity (Wildman–Crippen MR) is 353 cm³/mol. The Balaban J connectivity index is 0.000000412. The van der Waals surface area contributed by atoms with Crippen molar-refractivity contribution >= 4 is 20.6 Å². The summed E-state index contributed by atoms with van der Waals surface area (Å²) in [5.41, 5.74) is 20.1. The molecule has 0 aromatic heterocycles. The monoisotopic (exact) mass is 1170 g/mol. The van der Waals surface area contributed by atoms with Gasteiger partial charge in [-0.1, -0.05) is 199 Å². The molecule has 0 saturated heterocycles. The average Bonchev–Trinajstić information content (AvgIpc) is 3.33. The zero-order valence-electron chi connectivity index (χ0n) is 55.9. The third-order valence-electron chi connectivity index (χ3n) is 18.7. The minimum atomic E-state index is -1.86. The van der Waals surface area contributed by atoms with Gasteiger partial charge in [0.25, 0.3) is 0 Å².